The molecule has 0 fully saturated rings. The number of benzene rings is 4. The second kappa shape index (κ2) is 11.8. The van der Waals surface area contributed by atoms with E-state index in [0.717, 1.165) is 0 Å². The minimum Gasteiger partial charge on any atom is -0.497 e. The van der Waals surface area contributed by atoms with Crippen LogP contribution in [0.5, 0.6) is 11.5 Å². The largest absolute Gasteiger partial charge is 0.497 e. The van der Waals surface area contributed by atoms with Gasteiger partial charge in [-0.05, 0) is 59.7 Å². The Balaban J connectivity index is 1.86. The van der Waals surface area contributed by atoms with Gasteiger partial charge >= 0.3 is 0 Å². The van der Waals surface area contributed by atoms with Crippen molar-refractivity contribution in [1.82, 2.24) is 0 Å². The number of hydrogen-bond acceptors (Lipinski definition) is 8. The lowest BCUT2D eigenvalue weighted by Gasteiger charge is -2.27. The van der Waals surface area contributed by atoms with Gasteiger partial charge in [-0.15, -0.1) is 0 Å². The van der Waals surface area contributed by atoms with Crippen LogP contribution in [0.15, 0.2) is 119 Å². The van der Waals surface area contributed by atoms with Gasteiger partial charge in [-0.2, -0.15) is 16.8 Å². The van der Waals surface area contributed by atoms with Crippen LogP contribution in [0, 0.1) is 0 Å². The fourth-order valence-corrected chi connectivity index (χ4v) is 5.88. The van der Waals surface area contributed by atoms with Crippen LogP contribution in [0.25, 0.3) is 0 Å². The first-order valence-electron chi connectivity index (χ1n) is 11.5. The summed E-state index contributed by atoms with van der Waals surface area (Å²) in [5.74, 6) is 1.05. The molecule has 0 aromatic heterocycles. The second-order valence-corrected chi connectivity index (χ2v) is 11.3. The van der Waals surface area contributed by atoms with Gasteiger partial charge in [0.15, 0.2) is 0 Å². The SMILES string of the molecule is COc1ccc(C(OS(=O)(=O)c2ccccc2)C(OS(=O)(=O)c2ccccc2)c2ccc(OC)cc2)cc1. The Morgan fingerprint density at radius 1 is 0.474 bits per heavy atom. The van der Waals surface area contributed by atoms with Gasteiger partial charge in [-0.25, -0.2) is 0 Å². The quantitative estimate of drug-likeness (QED) is 0.230. The molecular formula is C28H26O8S2. The van der Waals surface area contributed by atoms with Crippen LogP contribution in [-0.2, 0) is 28.6 Å². The molecule has 4 aromatic carbocycles. The Morgan fingerprint density at radius 2 is 0.789 bits per heavy atom. The summed E-state index contributed by atoms with van der Waals surface area (Å²) in [4.78, 5) is -0.171. The van der Waals surface area contributed by atoms with Crippen LogP contribution in [0.3, 0.4) is 0 Å². The zero-order valence-electron chi connectivity index (χ0n) is 20.6. The Bertz CT molecular complexity index is 1420. The van der Waals surface area contributed by atoms with Crippen molar-refractivity contribution in [3.05, 3.63) is 120 Å². The van der Waals surface area contributed by atoms with Gasteiger partial charge in [-0.3, -0.25) is 8.37 Å². The lowest BCUT2D eigenvalue weighted by atomic mass is 9.98. The van der Waals surface area contributed by atoms with Crippen molar-refractivity contribution < 1.29 is 34.7 Å². The van der Waals surface area contributed by atoms with Gasteiger partial charge in [0.1, 0.15) is 23.7 Å². The van der Waals surface area contributed by atoms with E-state index in [1.165, 1.54) is 38.5 Å². The molecule has 8 nitrogen and oxygen atoms in total. The van der Waals surface area contributed by atoms with Gasteiger partial charge in [0.05, 0.1) is 24.0 Å². The predicted octanol–water partition coefficient (Wildman–Crippen LogP) is 5.30. The van der Waals surface area contributed by atoms with Crippen LogP contribution < -0.4 is 9.47 Å². The molecule has 0 saturated heterocycles. The number of ether oxygens (including phenoxy) is 2. The highest BCUT2D eigenvalue weighted by molar-refractivity contribution is 7.87. The average molecular weight is 555 g/mol. The van der Waals surface area contributed by atoms with Crippen molar-refractivity contribution in [3.63, 3.8) is 0 Å². The fraction of sp³-hybridized carbons (Fsp3) is 0.143. The molecular weight excluding hydrogens is 528 g/mol. The molecule has 0 spiro atoms. The standard InChI is InChI=1S/C28H26O8S2/c1-33-23-17-13-21(14-18-23)27(35-37(29,30)25-9-5-3-6-10-25)28(22-15-19-24(34-2)20-16-22)36-38(31,32)26-11-7-4-8-12-26/h3-20,27-28H,1-2H3. The predicted molar refractivity (Wildman–Crippen MR) is 141 cm³/mol. The molecule has 0 N–H and O–H groups in total. The number of methoxy groups -OCH3 is 2. The summed E-state index contributed by atoms with van der Waals surface area (Å²) in [6.45, 7) is 0. The van der Waals surface area contributed by atoms with E-state index in [2.05, 4.69) is 0 Å². The Labute approximate surface area is 222 Å². The number of rotatable bonds is 11. The van der Waals surface area contributed by atoms with E-state index in [1.54, 1.807) is 84.9 Å². The fourth-order valence-electron chi connectivity index (χ4n) is 3.71. The van der Waals surface area contributed by atoms with Crippen LogP contribution in [0.2, 0.25) is 0 Å². The van der Waals surface area contributed by atoms with E-state index in [-0.39, 0.29) is 9.79 Å². The molecule has 0 aliphatic rings. The second-order valence-electron chi connectivity index (χ2n) is 8.11. The first kappa shape index (κ1) is 27.3. The maximum absolute atomic E-state index is 13.3. The molecule has 2 unspecified atom stereocenters. The molecule has 0 radical (unpaired) electrons. The van der Waals surface area contributed by atoms with E-state index < -0.39 is 32.4 Å². The Morgan fingerprint density at radius 3 is 1.08 bits per heavy atom. The first-order chi connectivity index (χ1) is 18.2. The van der Waals surface area contributed by atoms with Gasteiger partial charge in [0, 0.05) is 0 Å². The van der Waals surface area contributed by atoms with Gasteiger partial charge in [0.2, 0.25) is 0 Å². The maximum atomic E-state index is 13.3. The molecule has 38 heavy (non-hydrogen) atoms. The first-order valence-corrected chi connectivity index (χ1v) is 14.3. The lowest BCUT2D eigenvalue weighted by molar-refractivity contribution is 0.0615. The highest BCUT2D eigenvalue weighted by atomic mass is 32.2. The third kappa shape index (κ3) is 6.40. The van der Waals surface area contributed by atoms with Gasteiger partial charge in [0.25, 0.3) is 20.2 Å². The van der Waals surface area contributed by atoms with E-state index in [9.17, 15) is 16.8 Å². The van der Waals surface area contributed by atoms with Crippen molar-refractivity contribution in [1.29, 1.82) is 0 Å². The summed E-state index contributed by atoms with van der Waals surface area (Å²) in [5.41, 5.74) is 0.712. The van der Waals surface area contributed by atoms with Crippen LogP contribution in [0.4, 0.5) is 0 Å². The summed E-state index contributed by atoms with van der Waals surface area (Å²) in [5, 5.41) is 0. The zero-order valence-corrected chi connectivity index (χ0v) is 22.3. The number of hydrogen-bond donors (Lipinski definition) is 0. The highest BCUT2D eigenvalue weighted by Gasteiger charge is 2.36. The minimum absolute atomic E-state index is 0.0853. The van der Waals surface area contributed by atoms with Crippen molar-refractivity contribution in [2.24, 2.45) is 0 Å². The molecule has 0 saturated carbocycles. The van der Waals surface area contributed by atoms with Gasteiger partial charge < -0.3 is 9.47 Å². The minimum atomic E-state index is -4.34. The average Bonchev–Trinajstić information content (AvgIpc) is 2.96. The zero-order chi connectivity index (χ0) is 27.2. The molecule has 4 rings (SSSR count). The normalized spacial score (nSPS) is 13.4. The van der Waals surface area contributed by atoms with Crippen molar-refractivity contribution in [3.8, 4) is 11.5 Å². The third-order valence-electron chi connectivity index (χ3n) is 5.69. The van der Waals surface area contributed by atoms with Crippen molar-refractivity contribution in [2.75, 3.05) is 14.2 Å². The topological polar surface area (TPSA) is 105 Å². The third-order valence-corrected chi connectivity index (χ3v) is 8.31. The molecule has 0 aliphatic carbocycles. The maximum Gasteiger partial charge on any atom is 0.297 e. The molecule has 4 aromatic rings. The van der Waals surface area contributed by atoms with Gasteiger partial charge in [-0.1, -0.05) is 60.7 Å². The Hall–Kier alpha value is -3.70. The Kier molecular flexibility index (Phi) is 8.48. The van der Waals surface area contributed by atoms with Crippen molar-refractivity contribution >= 4 is 20.2 Å². The van der Waals surface area contributed by atoms with Crippen LogP contribution in [0.1, 0.15) is 23.3 Å². The highest BCUT2D eigenvalue weighted by Crippen LogP contribution is 2.40. The van der Waals surface area contributed by atoms with Crippen LogP contribution in [-0.4, -0.2) is 31.1 Å². The van der Waals surface area contributed by atoms with E-state index in [4.69, 9.17) is 17.8 Å². The molecule has 10 heteroatoms. The summed E-state index contributed by atoms with van der Waals surface area (Å²) in [6, 6.07) is 28.1. The van der Waals surface area contributed by atoms with E-state index in [0.29, 0.717) is 22.6 Å². The summed E-state index contributed by atoms with van der Waals surface area (Å²) in [7, 11) is -5.68. The molecule has 0 amide bonds. The lowest BCUT2D eigenvalue weighted by Crippen LogP contribution is -2.24. The molecule has 198 valence electrons. The van der Waals surface area contributed by atoms with Crippen molar-refractivity contribution in [2.45, 2.75) is 22.0 Å². The molecule has 2 atom stereocenters. The molecule has 0 bridgehead atoms. The molecule has 0 heterocycles. The smallest absolute Gasteiger partial charge is 0.297 e. The van der Waals surface area contributed by atoms with E-state index >= 15 is 0 Å². The molecule has 0 aliphatic heterocycles. The monoisotopic (exact) mass is 554 g/mol. The summed E-state index contributed by atoms with van der Waals surface area (Å²) >= 11 is 0. The van der Waals surface area contributed by atoms with E-state index in [1.807, 2.05) is 0 Å². The summed E-state index contributed by atoms with van der Waals surface area (Å²) < 4.78 is 75.3. The summed E-state index contributed by atoms with van der Waals surface area (Å²) in [6.07, 6.45) is -2.78. The van der Waals surface area contributed by atoms with Crippen LogP contribution >= 0.6 is 0 Å².